The minimum absolute atomic E-state index is 0.00773. The van der Waals surface area contributed by atoms with Crippen LogP contribution in [-0.2, 0) is 23.9 Å². The van der Waals surface area contributed by atoms with Crippen molar-refractivity contribution in [1.82, 2.24) is 4.90 Å². The third kappa shape index (κ3) is 6.49. The van der Waals surface area contributed by atoms with Crippen LogP contribution in [-0.4, -0.2) is 73.8 Å². The lowest BCUT2D eigenvalue weighted by atomic mass is 9.83. The van der Waals surface area contributed by atoms with Gasteiger partial charge in [-0.1, -0.05) is 12.2 Å². The van der Waals surface area contributed by atoms with Crippen molar-refractivity contribution in [2.45, 2.75) is 13.8 Å². The Labute approximate surface area is 208 Å². The molecule has 11 nitrogen and oxygen atoms in total. The number of ketones is 2. The summed E-state index contributed by atoms with van der Waals surface area (Å²) in [5.41, 5.74) is 6.57. The molecule has 192 valence electrons. The van der Waals surface area contributed by atoms with Gasteiger partial charge in [0.1, 0.15) is 5.84 Å². The quantitative estimate of drug-likeness (QED) is 0.186. The van der Waals surface area contributed by atoms with Gasteiger partial charge in [0.2, 0.25) is 0 Å². The largest absolute Gasteiger partial charge is 0.478 e. The standard InChI is InChI=1S/C25H29N3O8/c1-3-33-22(30)13-35-20-8-6-15(9-21(20)36-14-23(31)34-4-2)19(29)12-28-10-16-5-7-17(25(26)27)24(32)18(16)11-28/h5-10,17-18H,3-4,11-14H2,1-2H3,(H3,26,27). The number of carbonyl (C=O) groups is 4. The summed E-state index contributed by atoms with van der Waals surface area (Å²) >= 11 is 0. The van der Waals surface area contributed by atoms with E-state index in [9.17, 15) is 19.2 Å². The van der Waals surface area contributed by atoms with E-state index in [4.69, 9.17) is 30.1 Å². The van der Waals surface area contributed by atoms with Crippen LogP contribution in [0.15, 0.2) is 42.1 Å². The van der Waals surface area contributed by atoms with Gasteiger partial charge in [-0.15, -0.1) is 0 Å². The normalized spacial score (nSPS) is 18.2. The van der Waals surface area contributed by atoms with Crippen LogP contribution in [0.2, 0.25) is 0 Å². The number of nitrogens with zero attached hydrogens (tertiary/aromatic N) is 1. The maximum Gasteiger partial charge on any atom is 0.344 e. The zero-order valence-corrected chi connectivity index (χ0v) is 20.2. The number of nitrogens with one attached hydrogen (secondary N) is 1. The zero-order chi connectivity index (χ0) is 26.2. The number of fused-ring (bicyclic) bond motifs is 1. The summed E-state index contributed by atoms with van der Waals surface area (Å²) in [6.45, 7) is 3.24. The number of hydrogen-bond acceptors (Lipinski definition) is 10. The summed E-state index contributed by atoms with van der Waals surface area (Å²) in [4.78, 5) is 50.8. The topological polar surface area (TPSA) is 158 Å². The fourth-order valence-electron chi connectivity index (χ4n) is 3.86. The number of rotatable bonds is 12. The van der Waals surface area contributed by atoms with E-state index in [0.29, 0.717) is 6.54 Å². The van der Waals surface area contributed by atoms with Crippen LogP contribution >= 0.6 is 0 Å². The van der Waals surface area contributed by atoms with Gasteiger partial charge in [0.05, 0.1) is 31.6 Å². The number of carbonyl (C=O) groups excluding carboxylic acids is 4. The minimum Gasteiger partial charge on any atom is -0.478 e. The molecule has 0 saturated carbocycles. The third-order valence-corrected chi connectivity index (χ3v) is 5.53. The van der Waals surface area contributed by atoms with Gasteiger partial charge < -0.3 is 29.6 Å². The second-order valence-corrected chi connectivity index (χ2v) is 8.08. The molecule has 2 aliphatic rings. The molecule has 1 aliphatic heterocycles. The summed E-state index contributed by atoms with van der Waals surface area (Å²) in [6.07, 6.45) is 5.11. The van der Waals surface area contributed by atoms with Crippen molar-refractivity contribution in [3.8, 4) is 11.5 Å². The van der Waals surface area contributed by atoms with E-state index in [2.05, 4.69) is 0 Å². The summed E-state index contributed by atoms with van der Waals surface area (Å²) in [6, 6.07) is 4.42. The molecule has 0 radical (unpaired) electrons. The molecule has 3 N–H and O–H groups in total. The van der Waals surface area contributed by atoms with E-state index in [-0.39, 0.29) is 60.8 Å². The highest BCUT2D eigenvalue weighted by molar-refractivity contribution is 6.07. The van der Waals surface area contributed by atoms with Crippen LogP contribution < -0.4 is 15.2 Å². The van der Waals surface area contributed by atoms with Gasteiger partial charge in [-0.25, -0.2) is 9.59 Å². The van der Waals surface area contributed by atoms with E-state index in [1.165, 1.54) is 18.2 Å². The lowest BCUT2D eigenvalue weighted by molar-refractivity contribution is -0.146. The molecule has 0 bridgehead atoms. The molecule has 1 aliphatic carbocycles. The Balaban J connectivity index is 1.71. The van der Waals surface area contributed by atoms with Gasteiger partial charge in [0.25, 0.3) is 0 Å². The first-order valence-electron chi connectivity index (χ1n) is 11.5. The maximum absolute atomic E-state index is 13.0. The van der Waals surface area contributed by atoms with E-state index < -0.39 is 30.4 Å². The van der Waals surface area contributed by atoms with E-state index >= 15 is 0 Å². The van der Waals surface area contributed by atoms with Crippen LogP contribution in [0.5, 0.6) is 11.5 Å². The van der Waals surface area contributed by atoms with Gasteiger partial charge in [0.15, 0.2) is 36.3 Å². The zero-order valence-electron chi connectivity index (χ0n) is 20.2. The molecule has 2 atom stereocenters. The number of esters is 2. The molecule has 36 heavy (non-hydrogen) atoms. The summed E-state index contributed by atoms with van der Waals surface area (Å²) in [7, 11) is 0. The van der Waals surface area contributed by atoms with E-state index in [0.717, 1.165) is 5.57 Å². The second kappa shape index (κ2) is 12.0. The number of nitrogens with two attached hydrogens (primary N) is 1. The average Bonchev–Trinajstić information content (AvgIpc) is 3.25. The number of Topliss-reactive ketones (excluding diaryl/α,β-unsaturated/α-hetero) is 2. The van der Waals surface area contributed by atoms with Crippen LogP contribution in [0.4, 0.5) is 0 Å². The SMILES string of the molecule is CCOC(=O)COc1ccc(C(=O)CN2C=C3C=CC(C(=N)N)C(=O)C3C2)cc1OCC(=O)OCC. The fourth-order valence-corrected chi connectivity index (χ4v) is 3.86. The van der Waals surface area contributed by atoms with Gasteiger partial charge in [0, 0.05) is 18.3 Å². The first-order chi connectivity index (χ1) is 17.2. The maximum atomic E-state index is 13.0. The van der Waals surface area contributed by atoms with Crippen molar-refractivity contribution in [1.29, 1.82) is 5.41 Å². The molecule has 0 fully saturated rings. The highest BCUT2D eigenvalue weighted by Gasteiger charge is 2.37. The van der Waals surface area contributed by atoms with Crippen molar-refractivity contribution in [3.63, 3.8) is 0 Å². The highest BCUT2D eigenvalue weighted by Crippen LogP contribution is 2.32. The number of allylic oxidation sites excluding steroid dienone is 1. The van der Waals surface area contributed by atoms with Crippen molar-refractivity contribution in [2.24, 2.45) is 17.6 Å². The Bertz CT molecular complexity index is 1110. The molecule has 0 amide bonds. The molecule has 0 aromatic heterocycles. The van der Waals surface area contributed by atoms with Gasteiger partial charge >= 0.3 is 11.9 Å². The van der Waals surface area contributed by atoms with Gasteiger partial charge in [-0.3, -0.25) is 15.0 Å². The summed E-state index contributed by atoms with van der Waals surface area (Å²) in [5.74, 6) is -2.75. The first-order valence-corrected chi connectivity index (χ1v) is 11.5. The van der Waals surface area contributed by atoms with Crippen LogP contribution in [0.3, 0.4) is 0 Å². The highest BCUT2D eigenvalue weighted by atomic mass is 16.6. The Kier molecular flexibility index (Phi) is 8.82. The molecular weight excluding hydrogens is 470 g/mol. The number of hydrogen-bond donors (Lipinski definition) is 2. The minimum atomic E-state index is -0.746. The van der Waals surface area contributed by atoms with Crippen LogP contribution in [0.25, 0.3) is 0 Å². The molecule has 2 unspecified atom stereocenters. The van der Waals surface area contributed by atoms with Crippen molar-refractivity contribution >= 4 is 29.3 Å². The fraction of sp³-hybridized carbons (Fsp3) is 0.400. The molecule has 1 aromatic carbocycles. The predicted molar refractivity (Wildman–Crippen MR) is 128 cm³/mol. The molecule has 0 spiro atoms. The monoisotopic (exact) mass is 499 g/mol. The average molecular weight is 500 g/mol. The summed E-state index contributed by atoms with van der Waals surface area (Å²) < 4.78 is 20.7. The van der Waals surface area contributed by atoms with Crippen molar-refractivity contribution in [2.75, 3.05) is 39.5 Å². The smallest absolute Gasteiger partial charge is 0.344 e. The number of ether oxygens (including phenoxy) is 4. The van der Waals surface area contributed by atoms with Crippen LogP contribution in [0.1, 0.15) is 24.2 Å². The molecule has 11 heteroatoms. The molecule has 0 saturated heterocycles. The van der Waals surface area contributed by atoms with Crippen molar-refractivity contribution in [3.05, 3.63) is 47.7 Å². The molecule has 1 heterocycles. The Hall–Kier alpha value is -4.15. The van der Waals surface area contributed by atoms with E-state index in [1.54, 1.807) is 37.1 Å². The second-order valence-electron chi connectivity index (χ2n) is 8.08. The predicted octanol–water partition coefficient (Wildman–Crippen LogP) is 1.26. The number of amidine groups is 1. The van der Waals surface area contributed by atoms with Crippen LogP contribution in [0, 0.1) is 17.2 Å². The lowest BCUT2D eigenvalue weighted by Crippen LogP contribution is -2.37. The number of benzene rings is 1. The van der Waals surface area contributed by atoms with E-state index in [1.807, 2.05) is 0 Å². The Morgan fingerprint density at radius 2 is 1.69 bits per heavy atom. The Morgan fingerprint density at radius 3 is 2.31 bits per heavy atom. The van der Waals surface area contributed by atoms with Crippen molar-refractivity contribution < 1.29 is 38.1 Å². The first kappa shape index (κ1) is 26.5. The third-order valence-electron chi connectivity index (χ3n) is 5.53. The van der Waals surface area contributed by atoms with Gasteiger partial charge in [-0.05, 0) is 37.6 Å². The molecule has 3 rings (SSSR count). The van der Waals surface area contributed by atoms with Gasteiger partial charge in [-0.2, -0.15) is 0 Å². The molecule has 1 aromatic rings. The molecular formula is C25H29N3O8. The Morgan fingerprint density at radius 1 is 1.06 bits per heavy atom. The lowest BCUT2D eigenvalue weighted by Gasteiger charge is -2.22. The summed E-state index contributed by atoms with van der Waals surface area (Å²) in [5, 5.41) is 7.58.